The number of benzene rings is 1. The summed E-state index contributed by atoms with van der Waals surface area (Å²) in [6, 6.07) is 5.51. The molecule has 6 nitrogen and oxygen atoms in total. The van der Waals surface area contributed by atoms with Gasteiger partial charge in [0.25, 0.3) is 17.4 Å². The lowest BCUT2D eigenvalue weighted by Crippen LogP contribution is -2.59. The second kappa shape index (κ2) is 5.34. The molecule has 2 amide bonds. The maximum absolute atomic E-state index is 12.7. The third-order valence-electron chi connectivity index (χ3n) is 3.78. The summed E-state index contributed by atoms with van der Waals surface area (Å²) in [5.74, 6) is -0.443. The van der Waals surface area contributed by atoms with Crippen LogP contribution in [-0.2, 0) is 9.59 Å². The fourth-order valence-electron chi connectivity index (χ4n) is 2.44. The van der Waals surface area contributed by atoms with Crippen LogP contribution < -0.4 is 15.0 Å². The molecule has 0 radical (unpaired) electrons. The number of aryl methyl sites for hydroxylation is 2. The Morgan fingerprint density at radius 2 is 2.13 bits per heavy atom. The van der Waals surface area contributed by atoms with Gasteiger partial charge in [-0.15, -0.1) is 11.3 Å². The number of hydrogen-bond acceptors (Lipinski definition) is 5. The first kappa shape index (κ1) is 15.5. The van der Waals surface area contributed by atoms with Gasteiger partial charge in [0.2, 0.25) is 0 Å². The van der Waals surface area contributed by atoms with Crippen LogP contribution >= 0.6 is 11.3 Å². The molecule has 1 aromatic carbocycles. The highest BCUT2D eigenvalue weighted by Crippen LogP contribution is 2.38. The molecular formula is C16H17N3O3S. The number of aromatic nitrogens is 1. The predicted octanol–water partition coefficient (Wildman–Crippen LogP) is 2.51. The second-order valence-electron chi connectivity index (χ2n) is 5.72. The number of hydrogen-bond donors (Lipinski definition) is 1. The topological polar surface area (TPSA) is 71.5 Å². The van der Waals surface area contributed by atoms with E-state index < -0.39 is 17.4 Å². The summed E-state index contributed by atoms with van der Waals surface area (Å²) in [6.07, 6.45) is 0. The van der Waals surface area contributed by atoms with Gasteiger partial charge in [-0.1, -0.05) is 6.07 Å². The minimum absolute atomic E-state index is 0.415. The van der Waals surface area contributed by atoms with E-state index in [0.29, 0.717) is 16.6 Å². The Balaban J connectivity index is 1.93. The average Bonchev–Trinajstić information content (AvgIpc) is 2.91. The molecule has 1 aliphatic heterocycles. The molecule has 3 rings (SSSR count). The molecule has 1 N–H and O–H groups in total. The number of rotatable bonds is 2. The van der Waals surface area contributed by atoms with Crippen LogP contribution in [0.3, 0.4) is 0 Å². The van der Waals surface area contributed by atoms with E-state index in [2.05, 4.69) is 10.3 Å². The van der Waals surface area contributed by atoms with Crippen molar-refractivity contribution in [2.24, 2.45) is 0 Å². The van der Waals surface area contributed by atoms with Gasteiger partial charge in [-0.2, -0.15) is 0 Å². The standard InChI is InChI=1S/C16H17N3O3S/c1-9-5-6-12-11(7-9)19(4)14(21)16(3,22-12)13(20)18-15-17-10(2)8-23-15/h5-8H,1-4H3,(H,17,18,20). The minimum atomic E-state index is -1.63. The number of likely N-dealkylation sites (N-methyl/N-ethyl adjacent to an activating group) is 1. The molecule has 0 saturated heterocycles. The summed E-state index contributed by atoms with van der Waals surface area (Å²) in [4.78, 5) is 30.9. The fraction of sp³-hybridized carbons (Fsp3) is 0.312. The van der Waals surface area contributed by atoms with E-state index >= 15 is 0 Å². The molecule has 7 heteroatoms. The molecular weight excluding hydrogens is 314 g/mol. The van der Waals surface area contributed by atoms with E-state index in [9.17, 15) is 9.59 Å². The van der Waals surface area contributed by atoms with Gasteiger partial charge in [0, 0.05) is 12.4 Å². The lowest BCUT2D eigenvalue weighted by molar-refractivity contribution is -0.144. The molecule has 1 aliphatic rings. The van der Waals surface area contributed by atoms with Crippen molar-refractivity contribution < 1.29 is 14.3 Å². The zero-order valence-electron chi connectivity index (χ0n) is 13.3. The van der Waals surface area contributed by atoms with Crippen LogP contribution in [0.2, 0.25) is 0 Å². The zero-order valence-corrected chi connectivity index (χ0v) is 14.2. The molecule has 1 atom stereocenters. The van der Waals surface area contributed by atoms with Crippen molar-refractivity contribution in [1.82, 2.24) is 4.98 Å². The first-order valence-electron chi connectivity index (χ1n) is 7.12. The summed E-state index contributed by atoms with van der Waals surface area (Å²) in [7, 11) is 1.64. The number of amides is 2. The van der Waals surface area contributed by atoms with E-state index in [-0.39, 0.29) is 0 Å². The van der Waals surface area contributed by atoms with E-state index in [4.69, 9.17) is 4.74 Å². The Bertz CT molecular complexity index is 802. The molecule has 0 spiro atoms. The molecule has 1 aromatic heterocycles. The Morgan fingerprint density at radius 3 is 2.78 bits per heavy atom. The summed E-state index contributed by atoms with van der Waals surface area (Å²) in [5, 5.41) is 4.93. The summed E-state index contributed by atoms with van der Waals surface area (Å²) >= 11 is 1.31. The highest BCUT2D eigenvalue weighted by Gasteiger charge is 2.50. The van der Waals surface area contributed by atoms with E-state index in [0.717, 1.165) is 11.3 Å². The highest BCUT2D eigenvalue weighted by molar-refractivity contribution is 7.13. The summed E-state index contributed by atoms with van der Waals surface area (Å²) in [6.45, 7) is 5.25. The summed E-state index contributed by atoms with van der Waals surface area (Å²) < 4.78 is 5.77. The number of nitrogens with zero attached hydrogens (tertiary/aromatic N) is 2. The second-order valence-corrected chi connectivity index (χ2v) is 6.58. The number of carbonyl (C=O) groups is 2. The number of thiazole rings is 1. The number of anilines is 2. The Kier molecular flexibility index (Phi) is 3.60. The molecule has 23 heavy (non-hydrogen) atoms. The van der Waals surface area contributed by atoms with Crippen molar-refractivity contribution in [2.45, 2.75) is 26.4 Å². The van der Waals surface area contributed by atoms with Crippen LogP contribution in [0.4, 0.5) is 10.8 Å². The van der Waals surface area contributed by atoms with Gasteiger partial charge in [0.1, 0.15) is 5.75 Å². The highest BCUT2D eigenvalue weighted by atomic mass is 32.1. The van der Waals surface area contributed by atoms with Gasteiger partial charge in [0.15, 0.2) is 5.13 Å². The number of nitrogens with one attached hydrogen (secondary N) is 1. The maximum Gasteiger partial charge on any atom is 0.280 e. The number of fused-ring (bicyclic) bond motifs is 1. The third kappa shape index (κ3) is 2.57. The normalized spacial score (nSPS) is 20.0. The van der Waals surface area contributed by atoms with Gasteiger partial charge in [-0.05, 0) is 38.5 Å². The average molecular weight is 331 g/mol. The van der Waals surface area contributed by atoms with E-state index in [1.807, 2.05) is 31.4 Å². The zero-order chi connectivity index (χ0) is 16.8. The fourth-order valence-corrected chi connectivity index (χ4v) is 3.12. The Hall–Kier alpha value is -2.41. The van der Waals surface area contributed by atoms with Crippen molar-refractivity contribution in [3.05, 3.63) is 34.8 Å². The smallest absolute Gasteiger partial charge is 0.280 e. The van der Waals surface area contributed by atoms with Crippen LogP contribution in [0.1, 0.15) is 18.2 Å². The molecule has 0 bridgehead atoms. The first-order chi connectivity index (χ1) is 10.8. The lowest BCUT2D eigenvalue weighted by Gasteiger charge is -2.37. The minimum Gasteiger partial charge on any atom is -0.465 e. The third-order valence-corrected chi connectivity index (χ3v) is 4.65. The van der Waals surface area contributed by atoms with Crippen LogP contribution in [0.5, 0.6) is 5.75 Å². The Labute approximate surface area is 138 Å². The molecule has 120 valence electrons. The van der Waals surface area contributed by atoms with Gasteiger partial charge in [-0.3, -0.25) is 14.9 Å². The first-order valence-corrected chi connectivity index (χ1v) is 8.00. The molecule has 2 heterocycles. The number of ether oxygens (including phenoxy) is 1. The quantitative estimate of drug-likeness (QED) is 0.858. The van der Waals surface area contributed by atoms with Crippen molar-refractivity contribution in [1.29, 1.82) is 0 Å². The maximum atomic E-state index is 12.7. The van der Waals surface area contributed by atoms with Gasteiger partial charge >= 0.3 is 0 Å². The molecule has 0 fully saturated rings. The Morgan fingerprint density at radius 1 is 1.39 bits per heavy atom. The van der Waals surface area contributed by atoms with Crippen molar-refractivity contribution >= 4 is 34.0 Å². The van der Waals surface area contributed by atoms with Gasteiger partial charge < -0.3 is 9.64 Å². The summed E-state index contributed by atoms with van der Waals surface area (Å²) in [5.41, 5.74) is 0.851. The van der Waals surface area contributed by atoms with Crippen LogP contribution in [0.15, 0.2) is 23.6 Å². The van der Waals surface area contributed by atoms with Crippen molar-refractivity contribution in [2.75, 3.05) is 17.3 Å². The van der Waals surface area contributed by atoms with Crippen LogP contribution in [0, 0.1) is 13.8 Å². The van der Waals surface area contributed by atoms with Gasteiger partial charge in [-0.25, -0.2) is 4.98 Å². The predicted molar refractivity (Wildman–Crippen MR) is 89.1 cm³/mol. The van der Waals surface area contributed by atoms with Crippen LogP contribution in [-0.4, -0.2) is 29.4 Å². The monoisotopic (exact) mass is 331 g/mol. The largest absolute Gasteiger partial charge is 0.465 e. The SMILES string of the molecule is Cc1ccc2c(c1)N(C)C(=O)C(C)(C(=O)Nc1nc(C)cs1)O2. The van der Waals surface area contributed by atoms with Crippen LogP contribution in [0.25, 0.3) is 0 Å². The molecule has 1 unspecified atom stereocenters. The van der Waals surface area contributed by atoms with Crippen molar-refractivity contribution in [3.63, 3.8) is 0 Å². The molecule has 2 aromatic rings. The van der Waals surface area contributed by atoms with Crippen molar-refractivity contribution in [3.8, 4) is 5.75 Å². The van der Waals surface area contributed by atoms with E-state index in [1.54, 1.807) is 13.1 Å². The van der Waals surface area contributed by atoms with Gasteiger partial charge in [0.05, 0.1) is 11.4 Å². The van der Waals surface area contributed by atoms with E-state index in [1.165, 1.54) is 23.2 Å². The molecule has 0 aliphatic carbocycles. The lowest BCUT2D eigenvalue weighted by atomic mass is 10.00. The number of carbonyl (C=O) groups excluding carboxylic acids is 2. The molecule has 0 saturated carbocycles.